The standard InChI is InChI=1S/C38H28O4/c39-37(33-23-11-13-25-35(33)41-27-15-3-1-4-16-27)29-19-7-9-21-31(29)38(40,32-22-10-8-20-30(32)37)34-24-12-14-26-36(34)42-28-17-5-2-6-18-28/h1-26,39-40H. The minimum Gasteiger partial charge on any atom is -0.457 e. The number of ether oxygens (including phenoxy) is 2. The zero-order valence-electron chi connectivity index (χ0n) is 22.7. The second-order valence-corrected chi connectivity index (χ2v) is 10.3. The van der Waals surface area contributed by atoms with E-state index in [9.17, 15) is 10.2 Å². The number of rotatable bonds is 6. The van der Waals surface area contributed by atoms with Crippen LogP contribution in [-0.4, -0.2) is 10.2 Å². The van der Waals surface area contributed by atoms with E-state index in [2.05, 4.69) is 0 Å². The summed E-state index contributed by atoms with van der Waals surface area (Å²) in [5, 5.41) is 25.9. The Labute approximate surface area is 244 Å². The summed E-state index contributed by atoms with van der Waals surface area (Å²) < 4.78 is 12.7. The van der Waals surface area contributed by atoms with Crippen LogP contribution in [0.3, 0.4) is 0 Å². The Morgan fingerprint density at radius 3 is 0.905 bits per heavy atom. The Bertz CT molecular complexity index is 1680. The molecular formula is C38H28O4. The maximum atomic E-state index is 13.0. The van der Waals surface area contributed by atoms with Gasteiger partial charge < -0.3 is 19.7 Å². The van der Waals surface area contributed by atoms with Gasteiger partial charge in [0.05, 0.1) is 0 Å². The molecule has 4 nitrogen and oxygen atoms in total. The summed E-state index contributed by atoms with van der Waals surface area (Å²) in [6.07, 6.45) is 0. The summed E-state index contributed by atoms with van der Waals surface area (Å²) >= 11 is 0. The molecule has 0 aromatic heterocycles. The van der Waals surface area contributed by atoms with E-state index >= 15 is 0 Å². The minimum absolute atomic E-state index is 0.522. The lowest BCUT2D eigenvalue weighted by Gasteiger charge is -2.45. The average Bonchev–Trinajstić information content (AvgIpc) is 3.05. The molecule has 0 spiro atoms. The molecular weight excluding hydrogens is 520 g/mol. The van der Waals surface area contributed by atoms with Gasteiger partial charge in [0, 0.05) is 11.1 Å². The molecule has 0 heterocycles. The van der Waals surface area contributed by atoms with Crippen LogP contribution in [0.4, 0.5) is 0 Å². The summed E-state index contributed by atoms with van der Waals surface area (Å²) in [5.74, 6) is 2.37. The monoisotopic (exact) mass is 548 g/mol. The molecule has 0 bridgehead atoms. The van der Waals surface area contributed by atoms with Crippen LogP contribution < -0.4 is 9.47 Å². The third-order valence-electron chi connectivity index (χ3n) is 7.91. The molecule has 42 heavy (non-hydrogen) atoms. The molecule has 7 rings (SSSR count). The quantitative estimate of drug-likeness (QED) is 0.221. The van der Waals surface area contributed by atoms with Gasteiger partial charge in [0.1, 0.15) is 34.2 Å². The van der Waals surface area contributed by atoms with Crippen molar-refractivity contribution in [3.05, 3.63) is 191 Å². The SMILES string of the molecule is OC1(c2ccccc2Oc2ccccc2)c2ccccc2C(O)(c2ccccc2Oc2ccccc2)c2ccccc21. The van der Waals surface area contributed by atoms with E-state index in [1.165, 1.54) is 0 Å². The largest absolute Gasteiger partial charge is 0.457 e. The smallest absolute Gasteiger partial charge is 0.144 e. The highest BCUT2D eigenvalue weighted by Gasteiger charge is 2.52. The number of hydrogen-bond donors (Lipinski definition) is 2. The van der Waals surface area contributed by atoms with Crippen LogP contribution >= 0.6 is 0 Å². The molecule has 0 amide bonds. The summed E-state index contributed by atoms with van der Waals surface area (Å²) in [4.78, 5) is 0. The second kappa shape index (κ2) is 10.3. The van der Waals surface area contributed by atoms with Crippen molar-refractivity contribution in [2.75, 3.05) is 0 Å². The first kappa shape index (κ1) is 25.8. The van der Waals surface area contributed by atoms with Crippen LogP contribution in [-0.2, 0) is 11.2 Å². The van der Waals surface area contributed by atoms with E-state index < -0.39 is 11.2 Å². The van der Waals surface area contributed by atoms with Gasteiger partial charge in [-0.25, -0.2) is 0 Å². The molecule has 6 aromatic carbocycles. The predicted molar refractivity (Wildman–Crippen MR) is 163 cm³/mol. The lowest BCUT2D eigenvalue weighted by molar-refractivity contribution is 0.0724. The molecule has 1 aliphatic carbocycles. The Balaban J connectivity index is 1.46. The van der Waals surface area contributed by atoms with Crippen molar-refractivity contribution in [2.24, 2.45) is 0 Å². The number of fused-ring (bicyclic) bond motifs is 2. The van der Waals surface area contributed by atoms with Crippen LogP contribution in [0, 0.1) is 0 Å². The third-order valence-corrected chi connectivity index (χ3v) is 7.91. The molecule has 204 valence electrons. The molecule has 1 aliphatic rings. The predicted octanol–water partition coefficient (Wildman–Crippen LogP) is 8.15. The van der Waals surface area contributed by atoms with E-state index in [0.29, 0.717) is 56.4 Å². The van der Waals surface area contributed by atoms with Gasteiger partial charge in [-0.1, -0.05) is 121 Å². The first-order chi connectivity index (χ1) is 20.6. The molecule has 4 heteroatoms. The van der Waals surface area contributed by atoms with Crippen molar-refractivity contribution in [1.29, 1.82) is 0 Å². The van der Waals surface area contributed by atoms with Gasteiger partial charge in [-0.2, -0.15) is 0 Å². The molecule has 0 aliphatic heterocycles. The van der Waals surface area contributed by atoms with E-state index in [1.54, 1.807) is 0 Å². The zero-order chi connectivity index (χ0) is 28.6. The second-order valence-electron chi connectivity index (χ2n) is 10.3. The highest BCUT2D eigenvalue weighted by molar-refractivity contribution is 5.68. The topological polar surface area (TPSA) is 58.9 Å². The van der Waals surface area contributed by atoms with E-state index in [-0.39, 0.29) is 0 Å². The van der Waals surface area contributed by atoms with Crippen LogP contribution in [0.15, 0.2) is 158 Å². The fraction of sp³-hybridized carbons (Fsp3) is 0.0526. The van der Waals surface area contributed by atoms with E-state index in [0.717, 1.165) is 0 Å². The first-order valence-corrected chi connectivity index (χ1v) is 13.9. The van der Waals surface area contributed by atoms with Crippen LogP contribution in [0.5, 0.6) is 23.0 Å². The highest BCUT2D eigenvalue weighted by atomic mass is 16.5. The Morgan fingerprint density at radius 2 is 0.571 bits per heavy atom. The fourth-order valence-electron chi connectivity index (χ4n) is 6.04. The molecule has 6 aromatic rings. The maximum Gasteiger partial charge on any atom is 0.144 e. The Kier molecular flexibility index (Phi) is 6.35. The lowest BCUT2D eigenvalue weighted by atomic mass is 9.63. The maximum absolute atomic E-state index is 13.0. The van der Waals surface area contributed by atoms with E-state index in [4.69, 9.17) is 9.47 Å². The van der Waals surface area contributed by atoms with Crippen molar-refractivity contribution in [2.45, 2.75) is 11.2 Å². The molecule has 0 saturated heterocycles. The van der Waals surface area contributed by atoms with Gasteiger partial charge in [0.25, 0.3) is 0 Å². The van der Waals surface area contributed by atoms with Gasteiger partial charge in [-0.3, -0.25) is 0 Å². The van der Waals surface area contributed by atoms with Crippen LogP contribution in [0.1, 0.15) is 33.4 Å². The van der Waals surface area contributed by atoms with Gasteiger partial charge in [0.2, 0.25) is 0 Å². The summed E-state index contributed by atoms with van der Waals surface area (Å²) in [7, 11) is 0. The van der Waals surface area contributed by atoms with Crippen molar-refractivity contribution in [3.63, 3.8) is 0 Å². The first-order valence-electron chi connectivity index (χ1n) is 13.9. The zero-order valence-corrected chi connectivity index (χ0v) is 22.7. The number of benzene rings is 6. The van der Waals surface area contributed by atoms with Crippen LogP contribution in [0.25, 0.3) is 0 Å². The summed E-state index contributed by atoms with van der Waals surface area (Å²) in [5.41, 5.74) is 0.138. The van der Waals surface area contributed by atoms with Gasteiger partial charge in [-0.05, 0) is 58.7 Å². The number of para-hydroxylation sites is 4. The lowest BCUT2D eigenvalue weighted by Crippen LogP contribution is -2.44. The molecule has 0 atom stereocenters. The van der Waals surface area contributed by atoms with E-state index in [1.807, 2.05) is 158 Å². The number of hydrogen-bond acceptors (Lipinski definition) is 4. The van der Waals surface area contributed by atoms with Crippen molar-refractivity contribution in [1.82, 2.24) is 0 Å². The Morgan fingerprint density at radius 1 is 0.310 bits per heavy atom. The summed E-state index contributed by atoms with van der Waals surface area (Å²) in [6, 6.07) is 49.1. The van der Waals surface area contributed by atoms with Crippen molar-refractivity contribution >= 4 is 0 Å². The Hall–Kier alpha value is -5.16. The molecule has 0 fully saturated rings. The van der Waals surface area contributed by atoms with Crippen molar-refractivity contribution < 1.29 is 19.7 Å². The molecule has 0 saturated carbocycles. The normalized spacial score (nSPS) is 18.9. The van der Waals surface area contributed by atoms with Gasteiger partial charge in [-0.15, -0.1) is 0 Å². The van der Waals surface area contributed by atoms with Crippen LogP contribution in [0.2, 0.25) is 0 Å². The highest BCUT2D eigenvalue weighted by Crippen LogP contribution is 2.56. The molecule has 0 radical (unpaired) electrons. The fourth-order valence-corrected chi connectivity index (χ4v) is 6.04. The average molecular weight is 549 g/mol. The van der Waals surface area contributed by atoms with Gasteiger partial charge in [0.15, 0.2) is 0 Å². The van der Waals surface area contributed by atoms with Crippen molar-refractivity contribution in [3.8, 4) is 23.0 Å². The third kappa shape index (κ3) is 4.08. The molecule has 0 unspecified atom stereocenters. The number of aliphatic hydroxyl groups is 2. The minimum atomic E-state index is -1.62. The molecule has 2 N–H and O–H groups in total. The summed E-state index contributed by atoms with van der Waals surface area (Å²) in [6.45, 7) is 0. The van der Waals surface area contributed by atoms with Gasteiger partial charge >= 0.3 is 0 Å².